The number of amides is 1. The van der Waals surface area contributed by atoms with Crippen LogP contribution in [0.3, 0.4) is 0 Å². The second-order valence-corrected chi connectivity index (χ2v) is 7.56. The lowest BCUT2D eigenvalue weighted by atomic mass is 10.0. The maximum absolute atomic E-state index is 12.5. The Bertz CT molecular complexity index is 687. The number of nitrogens with one attached hydrogen (secondary N) is 2. The predicted molar refractivity (Wildman–Crippen MR) is 81.2 cm³/mol. The Morgan fingerprint density at radius 3 is 2.95 bits per heavy atom. The predicted octanol–water partition coefficient (Wildman–Crippen LogP) is 0.818. The molecule has 0 aliphatic carbocycles. The second-order valence-electron chi connectivity index (χ2n) is 5.85. The molecule has 1 amide bonds. The van der Waals surface area contributed by atoms with Crippen LogP contribution in [0.25, 0.3) is 0 Å². The first-order chi connectivity index (χ1) is 10.5. The van der Waals surface area contributed by atoms with E-state index in [0.29, 0.717) is 31.6 Å². The molecule has 2 aliphatic heterocycles. The van der Waals surface area contributed by atoms with Gasteiger partial charge in [-0.2, -0.15) is 0 Å². The Balaban J connectivity index is 1.83. The summed E-state index contributed by atoms with van der Waals surface area (Å²) in [4.78, 5) is 12.0. The number of rotatable bonds is 3. The van der Waals surface area contributed by atoms with Crippen LogP contribution in [0.5, 0.6) is 0 Å². The largest absolute Gasteiger partial charge is 0.378 e. The number of ether oxygens (including phenoxy) is 1. The molecule has 2 N–H and O–H groups in total. The molecular weight excluding hydrogens is 304 g/mol. The van der Waals surface area contributed by atoms with E-state index in [4.69, 9.17) is 4.74 Å². The van der Waals surface area contributed by atoms with Crippen molar-refractivity contribution >= 4 is 15.9 Å². The molecule has 1 aromatic carbocycles. The zero-order chi connectivity index (χ0) is 15.7. The molecule has 1 saturated heterocycles. The van der Waals surface area contributed by atoms with Crippen molar-refractivity contribution in [1.82, 2.24) is 10.0 Å². The second kappa shape index (κ2) is 5.98. The molecule has 0 radical (unpaired) electrons. The number of carbonyl (C=O) groups excluding carboxylic acids is 1. The maximum Gasteiger partial charge on any atom is 0.251 e. The number of carbonyl (C=O) groups is 1. The normalized spacial score (nSPS) is 25.4. The lowest BCUT2D eigenvalue weighted by molar-refractivity contribution is 0.0173. The van der Waals surface area contributed by atoms with Crippen LogP contribution in [-0.4, -0.2) is 39.6 Å². The fraction of sp³-hybridized carbons (Fsp3) is 0.533. The minimum Gasteiger partial charge on any atom is -0.378 e. The maximum atomic E-state index is 12.5. The Morgan fingerprint density at radius 2 is 2.18 bits per heavy atom. The van der Waals surface area contributed by atoms with Crippen molar-refractivity contribution in [2.45, 2.75) is 43.2 Å². The van der Waals surface area contributed by atoms with Gasteiger partial charge in [0, 0.05) is 24.8 Å². The quantitative estimate of drug-likeness (QED) is 0.862. The smallest absolute Gasteiger partial charge is 0.251 e. The summed E-state index contributed by atoms with van der Waals surface area (Å²) in [5.41, 5.74) is 1.34. The fourth-order valence-corrected chi connectivity index (χ4v) is 4.26. The standard InChI is InChI=1S/C15H20N2O4S/c1-10-8-12(5-7-21-10)17-22(19,20)13-3-2-11-4-6-16-15(18)14(11)9-13/h2-3,9-10,12,17H,4-8H2,1H3,(H,16,18)/t10-,12+/m0/s1. The van der Waals surface area contributed by atoms with E-state index in [1.54, 1.807) is 12.1 Å². The molecule has 3 rings (SSSR count). The van der Waals surface area contributed by atoms with E-state index < -0.39 is 10.0 Å². The molecule has 1 fully saturated rings. The third-order valence-electron chi connectivity index (χ3n) is 4.12. The van der Waals surface area contributed by atoms with Gasteiger partial charge in [0.15, 0.2) is 0 Å². The van der Waals surface area contributed by atoms with Gasteiger partial charge in [0.05, 0.1) is 11.0 Å². The molecule has 0 unspecified atom stereocenters. The van der Waals surface area contributed by atoms with Gasteiger partial charge < -0.3 is 10.1 Å². The Kier molecular flexibility index (Phi) is 4.20. The highest BCUT2D eigenvalue weighted by atomic mass is 32.2. The molecule has 120 valence electrons. The Labute approximate surface area is 130 Å². The summed E-state index contributed by atoms with van der Waals surface area (Å²) in [6.45, 7) is 3.08. The monoisotopic (exact) mass is 324 g/mol. The third kappa shape index (κ3) is 3.16. The Morgan fingerprint density at radius 1 is 1.36 bits per heavy atom. The SMILES string of the molecule is C[C@H]1C[C@H](NS(=O)(=O)c2ccc3c(c2)C(=O)NCC3)CCO1. The molecule has 0 spiro atoms. The minimum absolute atomic E-state index is 0.0516. The van der Waals surface area contributed by atoms with Crippen molar-refractivity contribution in [3.8, 4) is 0 Å². The van der Waals surface area contributed by atoms with Gasteiger partial charge in [0.25, 0.3) is 5.91 Å². The van der Waals surface area contributed by atoms with Gasteiger partial charge in [-0.05, 0) is 43.9 Å². The molecule has 7 heteroatoms. The Hall–Kier alpha value is -1.44. The molecule has 6 nitrogen and oxygen atoms in total. The summed E-state index contributed by atoms with van der Waals surface area (Å²) in [6, 6.07) is 4.64. The topological polar surface area (TPSA) is 84.5 Å². The molecule has 0 aromatic heterocycles. The molecule has 2 atom stereocenters. The van der Waals surface area contributed by atoms with Gasteiger partial charge in [-0.25, -0.2) is 13.1 Å². The average Bonchev–Trinajstić information content (AvgIpc) is 2.47. The minimum atomic E-state index is -3.63. The average molecular weight is 324 g/mol. The lowest BCUT2D eigenvalue weighted by Gasteiger charge is -2.27. The van der Waals surface area contributed by atoms with Gasteiger partial charge in [-0.1, -0.05) is 6.07 Å². The van der Waals surface area contributed by atoms with Gasteiger partial charge in [0.2, 0.25) is 10.0 Å². The number of benzene rings is 1. The van der Waals surface area contributed by atoms with E-state index in [0.717, 1.165) is 12.0 Å². The van der Waals surface area contributed by atoms with E-state index >= 15 is 0 Å². The van der Waals surface area contributed by atoms with Crippen LogP contribution in [0.15, 0.2) is 23.1 Å². The summed E-state index contributed by atoms with van der Waals surface area (Å²) in [7, 11) is -3.63. The zero-order valence-corrected chi connectivity index (χ0v) is 13.3. The van der Waals surface area contributed by atoms with Crippen LogP contribution in [-0.2, 0) is 21.2 Å². The highest BCUT2D eigenvalue weighted by Crippen LogP contribution is 2.21. The molecule has 2 heterocycles. The summed E-state index contributed by atoms with van der Waals surface area (Å²) < 4.78 is 33.2. The highest BCUT2D eigenvalue weighted by Gasteiger charge is 2.26. The van der Waals surface area contributed by atoms with E-state index in [9.17, 15) is 13.2 Å². The van der Waals surface area contributed by atoms with Crippen molar-refractivity contribution in [1.29, 1.82) is 0 Å². The molecule has 2 aliphatic rings. The molecule has 0 bridgehead atoms. The van der Waals surface area contributed by atoms with E-state index in [1.807, 2.05) is 6.92 Å². The number of hydrogen-bond donors (Lipinski definition) is 2. The van der Waals surface area contributed by atoms with E-state index in [-0.39, 0.29) is 22.9 Å². The zero-order valence-electron chi connectivity index (χ0n) is 12.5. The van der Waals surface area contributed by atoms with Crippen molar-refractivity contribution in [3.63, 3.8) is 0 Å². The molecule has 22 heavy (non-hydrogen) atoms. The van der Waals surface area contributed by atoms with Crippen LogP contribution >= 0.6 is 0 Å². The van der Waals surface area contributed by atoms with Crippen molar-refractivity contribution in [2.24, 2.45) is 0 Å². The van der Waals surface area contributed by atoms with E-state index in [1.165, 1.54) is 6.07 Å². The highest BCUT2D eigenvalue weighted by molar-refractivity contribution is 7.89. The summed E-state index contributed by atoms with van der Waals surface area (Å²) >= 11 is 0. The van der Waals surface area contributed by atoms with Crippen LogP contribution in [0.4, 0.5) is 0 Å². The van der Waals surface area contributed by atoms with Gasteiger partial charge in [0.1, 0.15) is 0 Å². The van der Waals surface area contributed by atoms with Crippen LogP contribution in [0.2, 0.25) is 0 Å². The molecule has 0 saturated carbocycles. The third-order valence-corrected chi connectivity index (χ3v) is 5.64. The van der Waals surface area contributed by atoms with E-state index in [2.05, 4.69) is 10.0 Å². The van der Waals surface area contributed by atoms with Gasteiger partial charge >= 0.3 is 0 Å². The van der Waals surface area contributed by atoms with Gasteiger partial charge in [-0.15, -0.1) is 0 Å². The first-order valence-electron chi connectivity index (χ1n) is 7.51. The lowest BCUT2D eigenvalue weighted by Crippen LogP contribution is -2.41. The number of fused-ring (bicyclic) bond motifs is 1. The molecule has 1 aromatic rings. The van der Waals surface area contributed by atoms with Crippen molar-refractivity contribution in [2.75, 3.05) is 13.2 Å². The van der Waals surface area contributed by atoms with Crippen molar-refractivity contribution in [3.05, 3.63) is 29.3 Å². The van der Waals surface area contributed by atoms with Gasteiger partial charge in [-0.3, -0.25) is 4.79 Å². The number of sulfonamides is 1. The summed E-state index contributed by atoms with van der Waals surface area (Å²) in [5.74, 6) is -0.210. The fourth-order valence-electron chi connectivity index (χ4n) is 2.95. The first kappa shape index (κ1) is 15.5. The molecular formula is C15H20N2O4S. The van der Waals surface area contributed by atoms with Crippen LogP contribution < -0.4 is 10.0 Å². The van der Waals surface area contributed by atoms with Crippen molar-refractivity contribution < 1.29 is 17.9 Å². The van der Waals surface area contributed by atoms with Crippen LogP contribution in [0, 0.1) is 0 Å². The number of hydrogen-bond acceptors (Lipinski definition) is 4. The summed E-state index contributed by atoms with van der Waals surface area (Å²) in [6.07, 6.45) is 2.10. The first-order valence-corrected chi connectivity index (χ1v) is 8.99. The van der Waals surface area contributed by atoms with Crippen LogP contribution in [0.1, 0.15) is 35.7 Å². The summed E-state index contributed by atoms with van der Waals surface area (Å²) in [5, 5.41) is 2.73.